The Morgan fingerprint density at radius 1 is 1.17 bits per heavy atom. The first-order valence-electron chi connectivity index (χ1n) is 8.33. The van der Waals surface area contributed by atoms with Crippen molar-refractivity contribution in [1.29, 1.82) is 0 Å². The van der Waals surface area contributed by atoms with Gasteiger partial charge in [-0.25, -0.2) is 0 Å². The monoisotopic (exact) mass is 325 g/mol. The molecule has 1 aromatic rings. The van der Waals surface area contributed by atoms with Crippen molar-refractivity contribution in [2.75, 3.05) is 12.0 Å². The van der Waals surface area contributed by atoms with Crippen molar-refractivity contribution in [3.05, 3.63) is 52.4 Å². The van der Waals surface area contributed by atoms with Crippen LogP contribution >= 0.6 is 0 Å². The maximum atomic E-state index is 12.6. The van der Waals surface area contributed by atoms with Crippen LogP contribution in [0.2, 0.25) is 19.6 Å². The lowest BCUT2D eigenvalue weighted by Gasteiger charge is -2.41. The fraction of sp³-hybridized carbons (Fsp3) is 0.421. The number of methoxy groups -OCH3 is 1. The highest BCUT2D eigenvalue weighted by Gasteiger charge is 2.51. The third-order valence-electron chi connectivity index (χ3n) is 5.32. The molecule has 0 saturated carbocycles. The van der Waals surface area contributed by atoms with Crippen molar-refractivity contribution < 1.29 is 9.53 Å². The molecule has 0 bridgehead atoms. The molecule has 0 N–H and O–H groups in total. The first kappa shape index (κ1) is 14.8. The van der Waals surface area contributed by atoms with Gasteiger partial charge in [-0.2, -0.15) is 0 Å². The van der Waals surface area contributed by atoms with Crippen LogP contribution in [0.25, 0.3) is 0 Å². The van der Waals surface area contributed by atoms with Crippen molar-refractivity contribution in [2.24, 2.45) is 0 Å². The number of fused-ring (bicyclic) bond motifs is 3. The zero-order valence-electron chi connectivity index (χ0n) is 14.2. The number of amides is 1. The van der Waals surface area contributed by atoms with Gasteiger partial charge in [0.1, 0.15) is 5.76 Å². The zero-order chi connectivity index (χ0) is 16.4. The summed E-state index contributed by atoms with van der Waals surface area (Å²) in [6, 6.07) is 8.60. The van der Waals surface area contributed by atoms with Crippen LogP contribution < -0.4 is 4.90 Å². The van der Waals surface area contributed by atoms with E-state index in [1.165, 1.54) is 16.3 Å². The molecule has 0 radical (unpaired) electrons. The Hall–Kier alpha value is -1.81. The number of carbonyl (C=O) groups excluding carboxylic acids is 1. The number of para-hydroxylation sites is 1. The molecule has 1 saturated heterocycles. The predicted octanol–water partition coefficient (Wildman–Crippen LogP) is 4.00. The molecule has 0 aromatic heterocycles. The maximum Gasteiger partial charge on any atom is 0.227 e. The second kappa shape index (κ2) is 4.84. The molecule has 4 heteroatoms. The standard InChI is InChI=1S/C19H23NO2Si/c1-22-15-11-12-9-10-16(21)20-14-8-6-5-7-13(14)17(18(12)20)19(15)23(2,3)4/h5-8,11,17-18H,9-10H2,1-4H3/t17-,18-/m0/s1. The van der Waals surface area contributed by atoms with E-state index in [-0.39, 0.29) is 17.9 Å². The summed E-state index contributed by atoms with van der Waals surface area (Å²) in [5, 5.41) is 1.44. The molecule has 23 heavy (non-hydrogen) atoms. The lowest BCUT2D eigenvalue weighted by atomic mass is 9.81. The number of anilines is 1. The summed E-state index contributed by atoms with van der Waals surface area (Å²) in [5.74, 6) is 1.58. The Morgan fingerprint density at radius 2 is 1.91 bits per heavy atom. The minimum atomic E-state index is -1.59. The van der Waals surface area contributed by atoms with Crippen LogP contribution in [0.1, 0.15) is 24.3 Å². The second-order valence-corrected chi connectivity index (χ2v) is 12.7. The quantitative estimate of drug-likeness (QED) is 0.769. The number of benzene rings is 1. The number of piperidine rings is 1. The van der Waals surface area contributed by atoms with Gasteiger partial charge in [0, 0.05) is 18.0 Å². The van der Waals surface area contributed by atoms with Crippen LogP contribution in [0.4, 0.5) is 5.69 Å². The minimum absolute atomic E-state index is 0.175. The zero-order valence-corrected chi connectivity index (χ0v) is 15.2. The van der Waals surface area contributed by atoms with E-state index in [1.54, 1.807) is 7.11 Å². The highest BCUT2D eigenvalue weighted by atomic mass is 28.3. The van der Waals surface area contributed by atoms with Crippen molar-refractivity contribution >= 4 is 19.7 Å². The molecule has 2 atom stereocenters. The number of carbonyl (C=O) groups is 1. The Kier molecular flexibility index (Phi) is 3.11. The Balaban J connectivity index is 2.01. The summed E-state index contributed by atoms with van der Waals surface area (Å²) in [6.07, 6.45) is 3.68. The SMILES string of the molecule is COC1=C([Si](C)(C)C)[C@H]2c3ccccc3N3C(=O)CCC(=C1)[C@@H]23. The Bertz CT molecular complexity index is 757. The lowest BCUT2D eigenvalue weighted by Crippen LogP contribution is -2.48. The van der Waals surface area contributed by atoms with Crippen molar-refractivity contribution in [1.82, 2.24) is 0 Å². The third-order valence-corrected chi connectivity index (χ3v) is 7.50. The van der Waals surface area contributed by atoms with E-state index in [9.17, 15) is 4.79 Å². The summed E-state index contributed by atoms with van der Waals surface area (Å²) >= 11 is 0. The van der Waals surface area contributed by atoms with Crippen molar-refractivity contribution in [2.45, 2.75) is 44.4 Å². The Morgan fingerprint density at radius 3 is 2.61 bits per heavy atom. The molecule has 1 aromatic carbocycles. The number of ether oxygens (including phenoxy) is 1. The van der Waals surface area contributed by atoms with Gasteiger partial charge in [-0.3, -0.25) is 4.79 Å². The molecule has 1 aliphatic carbocycles. The average molecular weight is 325 g/mol. The largest absolute Gasteiger partial charge is 0.497 e. The van der Waals surface area contributed by atoms with Crippen LogP contribution in [0.15, 0.2) is 46.9 Å². The van der Waals surface area contributed by atoms with E-state index < -0.39 is 8.07 Å². The number of hydrogen-bond donors (Lipinski definition) is 0. The van der Waals surface area contributed by atoms with Crippen molar-refractivity contribution in [3.63, 3.8) is 0 Å². The highest BCUT2D eigenvalue weighted by molar-refractivity contribution is 6.83. The van der Waals surface area contributed by atoms with Gasteiger partial charge in [0.15, 0.2) is 0 Å². The molecule has 0 unspecified atom stereocenters. The Labute approximate surface area is 138 Å². The van der Waals surface area contributed by atoms with Crippen LogP contribution in [0, 0.1) is 0 Å². The summed E-state index contributed by atoms with van der Waals surface area (Å²) < 4.78 is 5.81. The summed E-state index contributed by atoms with van der Waals surface area (Å²) in [4.78, 5) is 14.7. The summed E-state index contributed by atoms with van der Waals surface area (Å²) in [7, 11) is 0.185. The molecular weight excluding hydrogens is 302 g/mol. The van der Waals surface area contributed by atoms with Gasteiger partial charge in [-0.05, 0) is 34.9 Å². The van der Waals surface area contributed by atoms with Gasteiger partial charge in [0.25, 0.3) is 0 Å². The minimum Gasteiger partial charge on any atom is -0.497 e. The number of rotatable bonds is 2. The van der Waals surface area contributed by atoms with Gasteiger partial charge in [-0.1, -0.05) is 37.8 Å². The smallest absolute Gasteiger partial charge is 0.227 e. The van der Waals surface area contributed by atoms with E-state index in [1.807, 2.05) is 6.07 Å². The van der Waals surface area contributed by atoms with Crippen LogP contribution in [0.5, 0.6) is 0 Å². The molecule has 3 nitrogen and oxygen atoms in total. The molecular formula is C19H23NO2Si. The summed E-state index contributed by atoms with van der Waals surface area (Å²) in [5.41, 5.74) is 3.75. The fourth-order valence-corrected chi connectivity index (χ4v) is 6.66. The predicted molar refractivity (Wildman–Crippen MR) is 95.2 cm³/mol. The van der Waals surface area contributed by atoms with E-state index in [0.717, 1.165) is 17.9 Å². The van der Waals surface area contributed by atoms with Crippen molar-refractivity contribution in [3.8, 4) is 0 Å². The second-order valence-electron chi connectivity index (χ2n) is 7.70. The van der Waals surface area contributed by atoms with Gasteiger partial charge < -0.3 is 9.64 Å². The van der Waals surface area contributed by atoms with Crippen LogP contribution in [-0.4, -0.2) is 27.1 Å². The molecule has 4 rings (SSSR count). The molecule has 3 aliphatic rings. The van der Waals surface area contributed by atoms with E-state index in [0.29, 0.717) is 6.42 Å². The number of allylic oxidation sites excluding steroid dienone is 1. The van der Waals surface area contributed by atoms with E-state index in [4.69, 9.17) is 4.74 Å². The van der Waals surface area contributed by atoms with Gasteiger partial charge >= 0.3 is 0 Å². The third kappa shape index (κ3) is 1.97. The first-order chi connectivity index (χ1) is 10.9. The molecule has 2 aliphatic heterocycles. The molecule has 2 heterocycles. The van der Waals surface area contributed by atoms with Crippen LogP contribution in [-0.2, 0) is 9.53 Å². The van der Waals surface area contributed by atoms with E-state index in [2.05, 4.69) is 48.8 Å². The first-order valence-corrected chi connectivity index (χ1v) is 11.8. The average Bonchev–Trinajstić information content (AvgIpc) is 2.86. The topological polar surface area (TPSA) is 29.5 Å². The molecule has 1 amide bonds. The number of nitrogens with zero attached hydrogens (tertiary/aromatic N) is 1. The molecule has 120 valence electrons. The van der Waals surface area contributed by atoms with Gasteiger partial charge in [-0.15, -0.1) is 0 Å². The number of hydrogen-bond acceptors (Lipinski definition) is 2. The maximum absolute atomic E-state index is 12.6. The van der Waals surface area contributed by atoms with Gasteiger partial charge in [0.2, 0.25) is 5.91 Å². The van der Waals surface area contributed by atoms with Crippen LogP contribution in [0.3, 0.4) is 0 Å². The van der Waals surface area contributed by atoms with Gasteiger partial charge in [0.05, 0.1) is 21.2 Å². The highest BCUT2D eigenvalue weighted by Crippen LogP contribution is 2.54. The molecule has 0 spiro atoms. The molecule has 1 fully saturated rings. The summed E-state index contributed by atoms with van der Waals surface area (Å²) in [6.45, 7) is 7.11. The van der Waals surface area contributed by atoms with E-state index >= 15 is 0 Å². The lowest BCUT2D eigenvalue weighted by molar-refractivity contribution is -0.119. The normalized spacial score (nSPS) is 26.0. The fourth-order valence-electron chi connectivity index (χ4n) is 4.50.